The second kappa shape index (κ2) is 5.71. The van der Waals surface area contributed by atoms with Crippen LogP contribution < -0.4 is 11.1 Å². The van der Waals surface area contributed by atoms with Gasteiger partial charge in [0.15, 0.2) is 5.13 Å². The fraction of sp³-hybridized carbons (Fsp3) is 0.385. The van der Waals surface area contributed by atoms with Crippen molar-refractivity contribution in [2.45, 2.75) is 26.8 Å². The predicted octanol–water partition coefficient (Wildman–Crippen LogP) is 3.22. The van der Waals surface area contributed by atoms with Crippen LogP contribution in [0.3, 0.4) is 0 Å². The van der Waals surface area contributed by atoms with Crippen LogP contribution in [-0.2, 0) is 0 Å². The van der Waals surface area contributed by atoms with Gasteiger partial charge in [-0.05, 0) is 24.3 Å². The van der Waals surface area contributed by atoms with E-state index in [1.165, 1.54) is 16.2 Å². The smallest absolute Gasteiger partial charge is 0.263 e. The van der Waals surface area contributed by atoms with Crippen molar-refractivity contribution in [3.05, 3.63) is 33.0 Å². The maximum atomic E-state index is 12.3. The molecular formula is C13H17N3OS2. The topological polar surface area (TPSA) is 68.0 Å². The summed E-state index contributed by atoms with van der Waals surface area (Å²) in [7, 11) is 0. The molecule has 0 aliphatic rings. The molecule has 2 aromatic rings. The van der Waals surface area contributed by atoms with Gasteiger partial charge in [-0.3, -0.25) is 4.79 Å². The van der Waals surface area contributed by atoms with Crippen LogP contribution >= 0.6 is 22.7 Å². The van der Waals surface area contributed by atoms with Crippen LogP contribution in [0, 0.1) is 12.8 Å². The number of carbonyl (C=O) groups excluding carboxylic acids is 1. The molecule has 0 saturated heterocycles. The first-order chi connectivity index (χ1) is 8.99. The number of nitrogen functional groups attached to an aromatic ring is 1. The third-order valence-electron chi connectivity index (χ3n) is 2.82. The van der Waals surface area contributed by atoms with Crippen molar-refractivity contribution in [1.82, 2.24) is 10.3 Å². The van der Waals surface area contributed by atoms with Gasteiger partial charge in [0.05, 0.1) is 11.7 Å². The van der Waals surface area contributed by atoms with Crippen LogP contribution in [-0.4, -0.2) is 10.9 Å². The molecule has 0 aromatic carbocycles. The number of thiazole rings is 1. The number of aromatic nitrogens is 1. The molecule has 0 saturated carbocycles. The summed E-state index contributed by atoms with van der Waals surface area (Å²) in [4.78, 5) is 18.1. The zero-order valence-corrected chi connectivity index (χ0v) is 12.8. The number of aryl methyl sites for hydroxylation is 1. The Kier molecular flexibility index (Phi) is 4.21. The average Bonchev–Trinajstić information content (AvgIpc) is 2.95. The van der Waals surface area contributed by atoms with E-state index in [9.17, 15) is 4.79 Å². The van der Waals surface area contributed by atoms with Crippen LogP contribution in [0.5, 0.6) is 0 Å². The lowest BCUT2D eigenvalue weighted by atomic mass is 10.0. The lowest BCUT2D eigenvalue weighted by molar-refractivity contribution is 0.0930. The highest BCUT2D eigenvalue weighted by Crippen LogP contribution is 2.27. The zero-order valence-electron chi connectivity index (χ0n) is 11.1. The second-order valence-corrected chi connectivity index (χ2v) is 6.69. The predicted molar refractivity (Wildman–Crippen MR) is 80.6 cm³/mol. The van der Waals surface area contributed by atoms with E-state index in [-0.39, 0.29) is 11.9 Å². The molecule has 2 heterocycles. The zero-order chi connectivity index (χ0) is 14.0. The van der Waals surface area contributed by atoms with E-state index in [4.69, 9.17) is 5.73 Å². The number of anilines is 1. The van der Waals surface area contributed by atoms with Crippen LogP contribution in [0.4, 0.5) is 5.13 Å². The molecule has 0 radical (unpaired) electrons. The van der Waals surface area contributed by atoms with E-state index in [1.54, 1.807) is 18.3 Å². The van der Waals surface area contributed by atoms with E-state index in [0.29, 0.717) is 21.6 Å². The molecule has 2 aromatic heterocycles. The maximum Gasteiger partial charge on any atom is 0.263 e. The van der Waals surface area contributed by atoms with Crippen LogP contribution in [0.15, 0.2) is 17.5 Å². The van der Waals surface area contributed by atoms with Gasteiger partial charge in [-0.2, -0.15) is 0 Å². The van der Waals surface area contributed by atoms with E-state index in [0.717, 1.165) is 0 Å². The Hall–Kier alpha value is -1.40. The van der Waals surface area contributed by atoms with Gasteiger partial charge in [-0.15, -0.1) is 11.3 Å². The highest BCUT2D eigenvalue weighted by Gasteiger charge is 2.22. The van der Waals surface area contributed by atoms with E-state index >= 15 is 0 Å². The van der Waals surface area contributed by atoms with E-state index in [1.807, 2.05) is 17.5 Å². The van der Waals surface area contributed by atoms with Crippen molar-refractivity contribution in [2.75, 3.05) is 5.73 Å². The highest BCUT2D eigenvalue weighted by atomic mass is 32.1. The number of amides is 1. The van der Waals surface area contributed by atoms with Crippen molar-refractivity contribution in [3.8, 4) is 0 Å². The molecular weight excluding hydrogens is 278 g/mol. The van der Waals surface area contributed by atoms with Crippen molar-refractivity contribution in [3.63, 3.8) is 0 Å². The number of thiophene rings is 1. The van der Waals surface area contributed by atoms with Crippen LogP contribution in [0.2, 0.25) is 0 Å². The van der Waals surface area contributed by atoms with Gasteiger partial charge in [0.1, 0.15) is 4.88 Å². The standard InChI is InChI=1S/C13H17N3OS2/c1-7(2)10(9-5-4-6-18-9)16-12(17)11-8(3)15-13(14)19-11/h4-7,10H,1-3H3,(H2,14,15)(H,16,17). The number of carbonyl (C=O) groups is 1. The Balaban J connectivity index is 2.18. The SMILES string of the molecule is Cc1nc(N)sc1C(=O)NC(c1cccs1)C(C)C. The number of hydrogen-bond acceptors (Lipinski definition) is 5. The van der Waals surface area contributed by atoms with Gasteiger partial charge in [-0.25, -0.2) is 4.98 Å². The number of hydrogen-bond donors (Lipinski definition) is 2. The second-order valence-electron chi connectivity index (χ2n) is 4.68. The summed E-state index contributed by atoms with van der Waals surface area (Å²) in [5, 5.41) is 5.53. The largest absolute Gasteiger partial charge is 0.375 e. The minimum Gasteiger partial charge on any atom is -0.375 e. The first kappa shape index (κ1) is 14.0. The van der Waals surface area contributed by atoms with Crippen molar-refractivity contribution < 1.29 is 4.79 Å². The Morgan fingerprint density at radius 2 is 2.21 bits per heavy atom. The molecule has 3 N–H and O–H groups in total. The van der Waals surface area contributed by atoms with Crippen molar-refractivity contribution in [1.29, 1.82) is 0 Å². The summed E-state index contributed by atoms with van der Waals surface area (Å²) in [6, 6.07) is 4.07. The molecule has 0 spiro atoms. The number of nitrogens with two attached hydrogens (primary N) is 1. The minimum atomic E-state index is -0.0983. The molecule has 1 unspecified atom stereocenters. The molecule has 6 heteroatoms. The molecule has 0 aliphatic carbocycles. The molecule has 4 nitrogen and oxygen atoms in total. The molecule has 1 atom stereocenters. The van der Waals surface area contributed by atoms with Gasteiger partial charge in [0, 0.05) is 4.88 Å². The molecule has 2 rings (SSSR count). The summed E-state index contributed by atoms with van der Waals surface area (Å²) in [6.45, 7) is 5.99. The van der Waals surface area contributed by atoms with Gasteiger partial charge in [0.2, 0.25) is 0 Å². The van der Waals surface area contributed by atoms with Crippen molar-refractivity contribution >= 4 is 33.7 Å². The number of rotatable bonds is 4. The summed E-state index contributed by atoms with van der Waals surface area (Å²) >= 11 is 2.89. The van der Waals surface area contributed by atoms with Gasteiger partial charge < -0.3 is 11.1 Å². The van der Waals surface area contributed by atoms with Gasteiger partial charge >= 0.3 is 0 Å². The molecule has 1 amide bonds. The first-order valence-corrected chi connectivity index (χ1v) is 7.75. The summed E-state index contributed by atoms with van der Waals surface area (Å²) in [5.74, 6) is 0.229. The van der Waals surface area contributed by atoms with Gasteiger partial charge in [0.25, 0.3) is 5.91 Å². The minimum absolute atomic E-state index is 0.0234. The van der Waals surface area contributed by atoms with Crippen molar-refractivity contribution in [2.24, 2.45) is 5.92 Å². The molecule has 0 fully saturated rings. The summed E-state index contributed by atoms with van der Waals surface area (Å²) < 4.78 is 0. The summed E-state index contributed by atoms with van der Waals surface area (Å²) in [5.41, 5.74) is 6.32. The molecule has 0 bridgehead atoms. The normalized spacial score (nSPS) is 12.6. The Morgan fingerprint density at radius 3 is 2.68 bits per heavy atom. The average molecular weight is 295 g/mol. The fourth-order valence-electron chi connectivity index (χ4n) is 1.87. The Morgan fingerprint density at radius 1 is 1.47 bits per heavy atom. The highest BCUT2D eigenvalue weighted by molar-refractivity contribution is 7.17. The molecule has 19 heavy (non-hydrogen) atoms. The first-order valence-electron chi connectivity index (χ1n) is 6.06. The lowest BCUT2D eigenvalue weighted by Crippen LogP contribution is -2.31. The van der Waals surface area contributed by atoms with Gasteiger partial charge in [-0.1, -0.05) is 31.3 Å². The van der Waals surface area contributed by atoms with E-state index in [2.05, 4.69) is 24.1 Å². The quantitative estimate of drug-likeness (QED) is 0.910. The maximum absolute atomic E-state index is 12.3. The third-order valence-corrected chi connectivity index (χ3v) is 4.76. The third kappa shape index (κ3) is 3.13. The molecule has 102 valence electrons. The monoisotopic (exact) mass is 295 g/mol. The van der Waals surface area contributed by atoms with Crippen LogP contribution in [0.25, 0.3) is 0 Å². The van der Waals surface area contributed by atoms with E-state index < -0.39 is 0 Å². The summed E-state index contributed by atoms with van der Waals surface area (Å²) in [6.07, 6.45) is 0. The van der Waals surface area contributed by atoms with Crippen LogP contribution in [0.1, 0.15) is 40.1 Å². The Bertz CT molecular complexity index is 560. The lowest BCUT2D eigenvalue weighted by Gasteiger charge is -2.20. The molecule has 0 aliphatic heterocycles. The number of nitrogens with one attached hydrogen (secondary N) is 1. The fourth-order valence-corrected chi connectivity index (χ4v) is 3.56. The number of nitrogens with zero attached hydrogens (tertiary/aromatic N) is 1. The Labute approximate surface area is 120 Å².